The van der Waals surface area contributed by atoms with Crippen LogP contribution >= 0.6 is 0 Å². The molecule has 24 heavy (non-hydrogen) atoms. The average Bonchev–Trinajstić information content (AvgIpc) is 2.33. The largest absolute Gasteiger partial charge is 2.00 e. The van der Waals surface area contributed by atoms with Crippen molar-refractivity contribution < 1.29 is 51.6 Å². The zero-order valence-corrected chi connectivity index (χ0v) is 14.8. The third-order valence-electron chi connectivity index (χ3n) is 2.12. The van der Waals surface area contributed by atoms with E-state index in [4.69, 9.17) is 0 Å². The maximum Gasteiger partial charge on any atom is 2.00 e. The fraction of sp³-hybridized carbons (Fsp3) is 1.00. The fourth-order valence-electron chi connectivity index (χ4n) is 1.19. The summed E-state index contributed by atoms with van der Waals surface area (Å²) in [7, 11) is -12.0. The van der Waals surface area contributed by atoms with Crippen LogP contribution in [0.1, 0.15) is 46.0 Å². The smallest absolute Gasteiger partial charge is 0.418 e. The van der Waals surface area contributed by atoms with Gasteiger partial charge in [0.2, 0.25) is 0 Å². The van der Waals surface area contributed by atoms with Crippen LogP contribution in [-0.2, 0) is 17.1 Å². The second-order valence-electron chi connectivity index (χ2n) is 4.55. The van der Waals surface area contributed by atoms with Crippen molar-refractivity contribution in [2.45, 2.75) is 46.0 Å². The van der Waals surface area contributed by atoms with E-state index in [1.54, 1.807) is 0 Å². The van der Waals surface area contributed by atoms with Gasteiger partial charge in [0.25, 0.3) is 0 Å². The van der Waals surface area contributed by atoms with E-state index in [1.165, 1.54) is 58.3 Å². The van der Waals surface area contributed by atoms with Crippen molar-refractivity contribution in [2.75, 3.05) is 26.2 Å². The molecule has 0 bridgehead atoms. The molecule has 0 fully saturated rings. The van der Waals surface area contributed by atoms with Gasteiger partial charge in [-0.25, -0.2) is 0 Å². The Balaban J connectivity index is -0.000000151. The third kappa shape index (κ3) is 97.0. The molecular weight excluding hydrogens is 397 g/mol. The molecule has 0 aromatic heterocycles. The minimum absolute atomic E-state index is 0. The number of nitrogens with one attached hydrogen (secondary N) is 2. The summed E-state index contributed by atoms with van der Waals surface area (Å²) < 4.78 is 78.0. The Kier molecular flexibility index (Phi) is 27.8. The van der Waals surface area contributed by atoms with Gasteiger partial charge in [0.05, 0.1) is 0 Å². The standard InChI is InChI=1S/C11H26N2.2BF4.Cu/c1-3-5-8-12-10-7-11-13-9-6-4-2;2*2-1(3,4)5;/h12-13H,3-11H2,1-2H3;;;/q;2*-1;+2. The normalized spacial score (nSPS) is 10.8. The molecule has 1 radical (unpaired) electrons. The van der Waals surface area contributed by atoms with E-state index in [0.717, 1.165) is 0 Å². The predicted molar refractivity (Wildman–Crippen MR) is 80.5 cm³/mol. The van der Waals surface area contributed by atoms with Crippen LogP contribution in [0.5, 0.6) is 0 Å². The molecule has 0 aromatic rings. The average molecular weight is 423 g/mol. The van der Waals surface area contributed by atoms with Crippen LogP contribution in [-0.4, -0.2) is 40.7 Å². The van der Waals surface area contributed by atoms with E-state index < -0.39 is 14.5 Å². The molecule has 0 unspecified atom stereocenters. The van der Waals surface area contributed by atoms with E-state index in [0.29, 0.717) is 0 Å². The molecule has 0 atom stereocenters. The Labute approximate surface area is 149 Å². The quantitative estimate of drug-likeness (QED) is 0.301. The molecule has 153 valence electrons. The van der Waals surface area contributed by atoms with Gasteiger partial charge in [0, 0.05) is 0 Å². The molecule has 0 spiro atoms. The summed E-state index contributed by atoms with van der Waals surface area (Å²) in [5.41, 5.74) is 0. The van der Waals surface area contributed by atoms with Crippen LogP contribution in [0.25, 0.3) is 0 Å². The van der Waals surface area contributed by atoms with Gasteiger partial charge in [-0.15, -0.1) is 0 Å². The maximum absolute atomic E-state index is 9.75. The topological polar surface area (TPSA) is 24.1 Å². The SMILES string of the molecule is CCCCNCCCNCCCC.F[B-](F)(F)F.F[B-](F)(F)F.[Cu+2]. The van der Waals surface area contributed by atoms with Crippen LogP contribution < -0.4 is 10.6 Å². The maximum atomic E-state index is 9.75. The van der Waals surface area contributed by atoms with Gasteiger partial charge in [0.15, 0.2) is 0 Å². The number of hydrogen-bond acceptors (Lipinski definition) is 2. The van der Waals surface area contributed by atoms with Gasteiger partial charge in [0.1, 0.15) is 0 Å². The Morgan fingerprint density at radius 3 is 0.958 bits per heavy atom. The first kappa shape index (κ1) is 31.7. The third-order valence-corrected chi connectivity index (χ3v) is 2.12. The molecule has 0 heterocycles. The van der Waals surface area contributed by atoms with Crippen molar-refractivity contribution in [2.24, 2.45) is 0 Å². The Hall–Kier alpha value is 0.00935. The molecular formula is C11H26B2CuF8N2. The van der Waals surface area contributed by atoms with Gasteiger partial charge in [-0.3, -0.25) is 0 Å². The first-order chi connectivity index (χ1) is 10.4. The second kappa shape index (κ2) is 21.1. The van der Waals surface area contributed by atoms with E-state index in [-0.39, 0.29) is 17.1 Å². The Morgan fingerprint density at radius 1 is 0.542 bits per heavy atom. The summed E-state index contributed by atoms with van der Waals surface area (Å²) in [6, 6.07) is 0. The molecule has 0 saturated heterocycles. The number of rotatable bonds is 10. The van der Waals surface area contributed by atoms with Crippen molar-refractivity contribution >= 4 is 14.5 Å². The zero-order chi connectivity index (χ0) is 18.8. The van der Waals surface area contributed by atoms with E-state index in [1.807, 2.05) is 0 Å². The summed E-state index contributed by atoms with van der Waals surface area (Å²) in [5, 5.41) is 6.87. The van der Waals surface area contributed by atoms with Crippen molar-refractivity contribution in [3.05, 3.63) is 0 Å². The minimum Gasteiger partial charge on any atom is -0.418 e. The molecule has 0 aliphatic heterocycles. The zero-order valence-electron chi connectivity index (χ0n) is 13.8. The Morgan fingerprint density at radius 2 is 0.750 bits per heavy atom. The van der Waals surface area contributed by atoms with Crippen LogP contribution in [0.4, 0.5) is 34.5 Å². The van der Waals surface area contributed by atoms with Crippen molar-refractivity contribution in [3.8, 4) is 0 Å². The van der Waals surface area contributed by atoms with Crippen LogP contribution in [0.2, 0.25) is 0 Å². The number of halogens is 8. The molecule has 13 heteroatoms. The van der Waals surface area contributed by atoms with Crippen molar-refractivity contribution in [1.82, 2.24) is 10.6 Å². The van der Waals surface area contributed by atoms with Crippen molar-refractivity contribution in [1.29, 1.82) is 0 Å². The molecule has 2 nitrogen and oxygen atoms in total. The minimum atomic E-state index is -6.00. The van der Waals surface area contributed by atoms with Crippen LogP contribution in [0.3, 0.4) is 0 Å². The summed E-state index contributed by atoms with van der Waals surface area (Å²) in [5.74, 6) is 0. The van der Waals surface area contributed by atoms with E-state index in [9.17, 15) is 34.5 Å². The molecule has 0 aliphatic carbocycles. The van der Waals surface area contributed by atoms with Crippen LogP contribution in [0.15, 0.2) is 0 Å². The van der Waals surface area contributed by atoms with E-state index >= 15 is 0 Å². The van der Waals surface area contributed by atoms with Gasteiger partial charge < -0.3 is 45.2 Å². The summed E-state index contributed by atoms with van der Waals surface area (Å²) in [6.07, 6.45) is 6.46. The molecule has 2 N–H and O–H groups in total. The van der Waals surface area contributed by atoms with E-state index in [2.05, 4.69) is 24.5 Å². The van der Waals surface area contributed by atoms with Crippen LogP contribution in [0, 0.1) is 0 Å². The first-order valence-electron chi connectivity index (χ1n) is 7.57. The Bertz CT molecular complexity index is 199. The predicted octanol–water partition coefficient (Wildman–Crippen LogP) is 4.75. The monoisotopic (exact) mass is 423 g/mol. The van der Waals surface area contributed by atoms with Crippen molar-refractivity contribution in [3.63, 3.8) is 0 Å². The summed E-state index contributed by atoms with van der Waals surface area (Å²) in [6.45, 7) is 9.16. The number of unbranched alkanes of at least 4 members (excludes halogenated alkanes) is 2. The fourth-order valence-corrected chi connectivity index (χ4v) is 1.19. The molecule has 0 amide bonds. The van der Waals surface area contributed by atoms with Gasteiger partial charge in [-0.05, 0) is 45.4 Å². The number of hydrogen-bond donors (Lipinski definition) is 2. The molecule has 0 rings (SSSR count). The first-order valence-corrected chi connectivity index (χ1v) is 7.57. The molecule has 0 aliphatic rings. The van der Waals surface area contributed by atoms with Gasteiger partial charge >= 0.3 is 31.6 Å². The summed E-state index contributed by atoms with van der Waals surface area (Å²) in [4.78, 5) is 0. The molecule has 0 saturated carbocycles. The second-order valence-corrected chi connectivity index (χ2v) is 4.55. The summed E-state index contributed by atoms with van der Waals surface area (Å²) >= 11 is 0. The van der Waals surface area contributed by atoms with Gasteiger partial charge in [-0.1, -0.05) is 26.7 Å². The molecule has 0 aromatic carbocycles. The van der Waals surface area contributed by atoms with Gasteiger partial charge in [-0.2, -0.15) is 0 Å².